The summed E-state index contributed by atoms with van der Waals surface area (Å²) in [5.41, 5.74) is 0. The van der Waals surface area contributed by atoms with E-state index in [4.69, 9.17) is 9.05 Å². The molecule has 0 saturated heterocycles. The fourth-order valence-electron chi connectivity index (χ4n) is 8.97. The number of nitrogens with one attached hydrogen (secondary N) is 1. The van der Waals surface area contributed by atoms with Crippen LogP contribution in [-0.4, -0.2) is 68.5 Å². The van der Waals surface area contributed by atoms with Gasteiger partial charge in [-0.3, -0.25) is 9.36 Å². The van der Waals surface area contributed by atoms with Crippen LogP contribution in [0.5, 0.6) is 0 Å². The summed E-state index contributed by atoms with van der Waals surface area (Å²) in [6.07, 6.45) is 70.6. The highest BCUT2D eigenvalue weighted by molar-refractivity contribution is 7.45. The topological polar surface area (TPSA) is 108 Å². The molecule has 0 aliphatic rings. The van der Waals surface area contributed by atoms with Crippen LogP contribution < -0.4 is 10.2 Å². The minimum Gasteiger partial charge on any atom is -0.756 e. The Kier molecular flexibility index (Phi) is 52.1. The maximum Gasteiger partial charge on any atom is 0.268 e. The molecule has 1 amide bonds. The first-order valence-electron chi connectivity index (χ1n) is 30.5. The van der Waals surface area contributed by atoms with Crippen molar-refractivity contribution in [2.45, 2.75) is 302 Å². The molecule has 3 atom stereocenters. The lowest BCUT2D eigenvalue weighted by atomic mass is 10.0. The highest BCUT2D eigenvalue weighted by Gasteiger charge is 2.23. The van der Waals surface area contributed by atoms with Crippen molar-refractivity contribution in [1.82, 2.24) is 5.32 Å². The molecule has 8 nitrogen and oxygen atoms in total. The molecular weight excluding hydrogens is 900 g/mol. The number of unbranched alkanes of at least 4 members (excludes halogenated alkanes) is 37. The van der Waals surface area contributed by atoms with Gasteiger partial charge in [0, 0.05) is 6.42 Å². The molecule has 9 heteroatoms. The van der Waals surface area contributed by atoms with Gasteiger partial charge in [-0.05, 0) is 64.2 Å². The lowest BCUT2D eigenvalue weighted by molar-refractivity contribution is -0.870. The smallest absolute Gasteiger partial charge is 0.268 e. The maximum atomic E-state index is 13.0. The summed E-state index contributed by atoms with van der Waals surface area (Å²) in [4.78, 5) is 25.5. The number of aliphatic hydroxyl groups excluding tert-OH is 1. The number of carbonyl (C=O) groups is 1. The molecular formula is C62H119N2O6P. The minimum absolute atomic E-state index is 0.00709. The summed E-state index contributed by atoms with van der Waals surface area (Å²) in [5.74, 6) is -0.207. The first-order valence-corrected chi connectivity index (χ1v) is 32.0. The van der Waals surface area contributed by atoms with E-state index in [1.807, 2.05) is 27.2 Å². The number of hydrogen-bond donors (Lipinski definition) is 2. The van der Waals surface area contributed by atoms with E-state index in [2.05, 4.69) is 55.6 Å². The Labute approximate surface area is 441 Å². The number of nitrogens with zero attached hydrogens (tertiary/aromatic N) is 1. The molecule has 418 valence electrons. The van der Waals surface area contributed by atoms with Gasteiger partial charge in [0.15, 0.2) is 0 Å². The molecule has 0 spiro atoms. The van der Waals surface area contributed by atoms with Crippen molar-refractivity contribution < 1.29 is 32.9 Å². The van der Waals surface area contributed by atoms with Gasteiger partial charge in [-0.2, -0.15) is 0 Å². The van der Waals surface area contributed by atoms with Crippen LogP contribution in [-0.2, 0) is 18.4 Å². The summed E-state index contributed by atoms with van der Waals surface area (Å²) in [7, 11) is 1.25. The molecule has 0 aliphatic carbocycles. The standard InChI is InChI=1S/C62H119N2O6P/c1-6-8-10-12-14-16-18-20-22-24-26-28-30-31-32-34-35-37-39-41-43-45-47-49-51-53-55-61(65)60(59-70-71(67,68)69-58-57-64(3,4)5)63-62(66)56-54-52-50-48-46-44-42-40-38-36-33-29-27-25-23-21-19-17-15-13-11-9-7-2/h19,21,25,27,45,47,53,55,60-61,65H,6-18,20,22-24,26,28-44,46,48-52,54,56-59H2,1-5H3,(H-,63,66,67,68)/b21-19-,27-25-,47-45+,55-53+. The van der Waals surface area contributed by atoms with Crippen molar-refractivity contribution in [3.63, 3.8) is 0 Å². The van der Waals surface area contributed by atoms with E-state index in [-0.39, 0.29) is 12.5 Å². The van der Waals surface area contributed by atoms with E-state index >= 15 is 0 Å². The molecule has 2 N–H and O–H groups in total. The van der Waals surface area contributed by atoms with Crippen molar-refractivity contribution in [3.8, 4) is 0 Å². The number of rotatable bonds is 56. The van der Waals surface area contributed by atoms with Crippen molar-refractivity contribution >= 4 is 13.7 Å². The Morgan fingerprint density at radius 2 is 0.831 bits per heavy atom. The molecule has 0 bridgehead atoms. The van der Waals surface area contributed by atoms with Gasteiger partial charge in [0.05, 0.1) is 39.9 Å². The van der Waals surface area contributed by atoms with E-state index < -0.39 is 26.6 Å². The first kappa shape index (κ1) is 69.5. The lowest BCUT2D eigenvalue weighted by Gasteiger charge is -2.29. The molecule has 3 unspecified atom stereocenters. The van der Waals surface area contributed by atoms with Crippen LogP contribution in [0.2, 0.25) is 0 Å². The van der Waals surface area contributed by atoms with Gasteiger partial charge in [0.25, 0.3) is 7.82 Å². The zero-order valence-corrected chi connectivity index (χ0v) is 48.6. The zero-order chi connectivity index (χ0) is 52.0. The Morgan fingerprint density at radius 1 is 0.493 bits per heavy atom. The fourth-order valence-corrected chi connectivity index (χ4v) is 9.69. The number of carbonyl (C=O) groups excluding carboxylic acids is 1. The van der Waals surface area contributed by atoms with E-state index in [0.717, 1.165) is 44.9 Å². The molecule has 0 radical (unpaired) electrons. The Balaban J connectivity index is 4.22. The average Bonchev–Trinajstić information content (AvgIpc) is 3.33. The normalized spacial score (nSPS) is 14.2. The highest BCUT2D eigenvalue weighted by atomic mass is 31.2. The quantitative estimate of drug-likeness (QED) is 0.0272. The van der Waals surface area contributed by atoms with Crippen molar-refractivity contribution in [2.75, 3.05) is 40.9 Å². The number of quaternary nitrogens is 1. The molecule has 0 aliphatic heterocycles. The largest absolute Gasteiger partial charge is 0.756 e. The van der Waals surface area contributed by atoms with E-state index in [1.165, 1.54) is 225 Å². The van der Waals surface area contributed by atoms with Gasteiger partial charge < -0.3 is 28.8 Å². The third-order valence-corrected chi connectivity index (χ3v) is 14.7. The number of hydrogen-bond acceptors (Lipinski definition) is 6. The predicted octanol–water partition coefficient (Wildman–Crippen LogP) is 18.1. The van der Waals surface area contributed by atoms with Gasteiger partial charge in [0.2, 0.25) is 5.91 Å². The Morgan fingerprint density at radius 3 is 1.23 bits per heavy atom. The molecule has 0 heterocycles. The van der Waals surface area contributed by atoms with Crippen molar-refractivity contribution in [2.24, 2.45) is 0 Å². The molecule has 0 rings (SSSR count). The molecule has 0 aromatic heterocycles. The zero-order valence-electron chi connectivity index (χ0n) is 47.7. The van der Waals surface area contributed by atoms with Crippen LogP contribution in [0.15, 0.2) is 48.6 Å². The molecule has 0 fully saturated rings. The SMILES string of the molecule is CCCCCCC/C=C\C/C=C\CCCCCCCCCCCCCC(=O)NC(COP(=O)([O-])OCC[N+](C)(C)C)C(O)/C=C/CC/C=C/CCCCCCCCCCCCCCCCCCCCCC. The number of phosphoric ester groups is 1. The minimum atomic E-state index is -4.61. The Hall–Kier alpha value is -1.54. The summed E-state index contributed by atoms with van der Waals surface area (Å²) >= 11 is 0. The number of phosphoric acid groups is 1. The van der Waals surface area contributed by atoms with Crippen LogP contribution in [0, 0.1) is 0 Å². The molecule has 71 heavy (non-hydrogen) atoms. The Bertz CT molecular complexity index is 1290. The van der Waals surface area contributed by atoms with E-state index in [1.54, 1.807) is 6.08 Å². The average molecular weight is 1020 g/mol. The van der Waals surface area contributed by atoms with Gasteiger partial charge in [-0.1, -0.05) is 268 Å². The van der Waals surface area contributed by atoms with Crippen LogP contribution in [0.25, 0.3) is 0 Å². The number of likely N-dealkylation sites (N-methyl/N-ethyl adjacent to an activating group) is 1. The summed E-state index contributed by atoms with van der Waals surface area (Å²) in [6.45, 7) is 4.65. The van der Waals surface area contributed by atoms with Crippen LogP contribution in [0.1, 0.15) is 290 Å². The second kappa shape index (κ2) is 53.3. The second-order valence-electron chi connectivity index (χ2n) is 22.0. The van der Waals surface area contributed by atoms with Crippen LogP contribution in [0.4, 0.5) is 0 Å². The van der Waals surface area contributed by atoms with Crippen LogP contribution >= 0.6 is 7.82 Å². The summed E-state index contributed by atoms with van der Waals surface area (Å²) in [6, 6.07) is -0.906. The lowest BCUT2D eigenvalue weighted by Crippen LogP contribution is -2.45. The number of amides is 1. The molecule has 0 aromatic carbocycles. The third kappa shape index (κ3) is 56.0. The maximum absolute atomic E-state index is 13.0. The molecule has 0 aromatic rings. The van der Waals surface area contributed by atoms with Gasteiger partial charge in [-0.15, -0.1) is 0 Å². The summed E-state index contributed by atoms with van der Waals surface area (Å²) < 4.78 is 23.4. The monoisotopic (exact) mass is 1020 g/mol. The van der Waals surface area contributed by atoms with E-state index in [9.17, 15) is 19.4 Å². The second-order valence-corrected chi connectivity index (χ2v) is 23.5. The fraction of sp³-hybridized carbons (Fsp3) is 0.855. The third-order valence-electron chi connectivity index (χ3n) is 13.8. The molecule has 0 saturated carbocycles. The predicted molar refractivity (Wildman–Crippen MR) is 307 cm³/mol. The number of aliphatic hydroxyl groups is 1. The highest BCUT2D eigenvalue weighted by Crippen LogP contribution is 2.38. The van der Waals surface area contributed by atoms with Gasteiger partial charge >= 0.3 is 0 Å². The van der Waals surface area contributed by atoms with Crippen molar-refractivity contribution in [1.29, 1.82) is 0 Å². The van der Waals surface area contributed by atoms with E-state index in [0.29, 0.717) is 17.4 Å². The van der Waals surface area contributed by atoms with Crippen LogP contribution in [0.3, 0.4) is 0 Å². The first-order chi connectivity index (χ1) is 34.5. The van der Waals surface area contributed by atoms with Gasteiger partial charge in [0.1, 0.15) is 13.2 Å². The number of allylic oxidation sites excluding steroid dienone is 7. The van der Waals surface area contributed by atoms with Crippen molar-refractivity contribution in [3.05, 3.63) is 48.6 Å². The van der Waals surface area contributed by atoms with Gasteiger partial charge in [-0.25, -0.2) is 0 Å². The summed E-state index contributed by atoms with van der Waals surface area (Å²) in [5, 5.41) is 13.9.